The van der Waals surface area contributed by atoms with Gasteiger partial charge in [-0.25, -0.2) is 0 Å². The summed E-state index contributed by atoms with van der Waals surface area (Å²) in [6.07, 6.45) is 6.88. The molecular weight excluding hydrogens is 446 g/mol. The smallest absolute Gasteiger partial charge is 0.322 e. The van der Waals surface area contributed by atoms with Crippen molar-refractivity contribution in [1.29, 1.82) is 0 Å². The van der Waals surface area contributed by atoms with Crippen LogP contribution in [0.5, 0.6) is 0 Å². The molecule has 196 valence electrons. The van der Waals surface area contributed by atoms with Gasteiger partial charge in [0.2, 0.25) is 5.91 Å². The van der Waals surface area contributed by atoms with Crippen LogP contribution in [0.25, 0.3) is 0 Å². The molecule has 0 saturated heterocycles. The number of carbonyl (C=O) groups is 4. The Labute approximate surface area is 210 Å². The maximum absolute atomic E-state index is 13.0. The van der Waals surface area contributed by atoms with Crippen LogP contribution in [0.4, 0.5) is 0 Å². The fraction of sp³-hybridized carbons (Fsp3) is 0.714. The Balaban J connectivity index is 1.82. The number of ether oxygens (including phenoxy) is 2. The van der Waals surface area contributed by atoms with Crippen molar-refractivity contribution in [3.63, 3.8) is 0 Å². The van der Waals surface area contributed by atoms with E-state index < -0.39 is 22.8 Å². The first-order valence-corrected chi connectivity index (χ1v) is 12.9. The van der Waals surface area contributed by atoms with E-state index in [0.717, 1.165) is 12.8 Å². The number of hydrogen-bond acceptors (Lipinski definition) is 6. The number of hydrogen-bond donors (Lipinski definition) is 1. The number of carbonyl (C=O) groups excluding carboxylic acids is 4. The second-order valence-electron chi connectivity index (χ2n) is 10.9. The summed E-state index contributed by atoms with van der Waals surface area (Å²) in [5.74, 6) is -1.26. The van der Waals surface area contributed by atoms with Crippen molar-refractivity contribution in [2.45, 2.75) is 73.1 Å². The van der Waals surface area contributed by atoms with Gasteiger partial charge in [0.05, 0.1) is 13.2 Å². The number of allylic oxidation sites excluding steroid dienone is 2. The van der Waals surface area contributed by atoms with Crippen molar-refractivity contribution >= 4 is 23.6 Å². The molecule has 2 aliphatic rings. The minimum absolute atomic E-state index is 0.0562. The van der Waals surface area contributed by atoms with Crippen LogP contribution in [-0.4, -0.2) is 43.4 Å². The van der Waals surface area contributed by atoms with Crippen LogP contribution in [0.15, 0.2) is 25.3 Å². The van der Waals surface area contributed by atoms with Gasteiger partial charge < -0.3 is 14.8 Å². The Kier molecular flexibility index (Phi) is 9.49. The molecule has 5 atom stereocenters. The number of rotatable bonds is 16. The van der Waals surface area contributed by atoms with Gasteiger partial charge >= 0.3 is 11.9 Å². The number of ketones is 1. The third-order valence-corrected chi connectivity index (χ3v) is 7.63. The van der Waals surface area contributed by atoms with E-state index in [1.165, 1.54) is 0 Å². The van der Waals surface area contributed by atoms with Gasteiger partial charge in [0, 0.05) is 24.8 Å². The minimum Gasteiger partial charge on any atom is -0.465 e. The van der Waals surface area contributed by atoms with Crippen molar-refractivity contribution in [3.8, 4) is 0 Å². The van der Waals surface area contributed by atoms with E-state index >= 15 is 0 Å². The highest BCUT2D eigenvalue weighted by molar-refractivity contribution is 6.08. The van der Waals surface area contributed by atoms with Gasteiger partial charge in [0.15, 0.2) is 11.2 Å². The summed E-state index contributed by atoms with van der Waals surface area (Å²) >= 11 is 0. The van der Waals surface area contributed by atoms with Crippen LogP contribution < -0.4 is 5.32 Å². The molecule has 2 aliphatic carbocycles. The Hall–Kier alpha value is -2.44. The quantitative estimate of drug-likeness (QED) is 0.196. The molecule has 1 N–H and O–H groups in total. The Morgan fingerprint density at radius 3 is 2.00 bits per heavy atom. The minimum atomic E-state index is -1.12. The SMILES string of the molecule is C=CC1CC1(C(=O)CCC(C)(C)CC(C)CCNC(=O)C1(C(=O)OCC)CC1C=C)C(=O)OCC. The van der Waals surface area contributed by atoms with Crippen molar-refractivity contribution < 1.29 is 28.7 Å². The van der Waals surface area contributed by atoms with Gasteiger partial charge in [0.1, 0.15) is 5.41 Å². The monoisotopic (exact) mass is 489 g/mol. The second-order valence-corrected chi connectivity index (χ2v) is 10.9. The van der Waals surface area contributed by atoms with Crippen molar-refractivity contribution in [3.05, 3.63) is 25.3 Å². The molecule has 2 rings (SSSR count). The summed E-state index contributed by atoms with van der Waals surface area (Å²) < 4.78 is 10.3. The van der Waals surface area contributed by atoms with Crippen LogP contribution >= 0.6 is 0 Å². The lowest BCUT2D eigenvalue weighted by atomic mass is 9.77. The molecule has 7 nitrogen and oxygen atoms in total. The summed E-state index contributed by atoms with van der Waals surface area (Å²) in [5, 5.41) is 2.92. The lowest BCUT2D eigenvalue weighted by Gasteiger charge is -2.29. The molecule has 0 aromatic heterocycles. The molecule has 2 fully saturated rings. The first-order chi connectivity index (χ1) is 16.4. The van der Waals surface area contributed by atoms with Crippen molar-refractivity contribution in [2.24, 2.45) is 34.0 Å². The topological polar surface area (TPSA) is 98.8 Å². The van der Waals surface area contributed by atoms with Gasteiger partial charge in [0.25, 0.3) is 0 Å². The number of Topliss-reactive ketones (excluding diaryl/α,β-unsaturated/α-hetero) is 1. The zero-order chi connectivity index (χ0) is 26.4. The fourth-order valence-corrected chi connectivity index (χ4v) is 5.33. The zero-order valence-electron chi connectivity index (χ0n) is 22.1. The van der Waals surface area contributed by atoms with Gasteiger partial charge in [-0.1, -0.05) is 32.9 Å². The lowest BCUT2D eigenvalue weighted by Crippen LogP contribution is -2.40. The molecule has 35 heavy (non-hydrogen) atoms. The highest BCUT2D eigenvalue weighted by atomic mass is 16.5. The van der Waals surface area contributed by atoms with E-state index in [1.807, 2.05) is 0 Å². The first-order valence-electron chi connectivity index (χ1n) is 12.9. The van der Waals surface area contributed by atoms with E-state index in [2.05, 4.69) is 39.2 Å². The Morgan fingerprint density at radius 1 is 1.00 bits per heavy atom. The molecule has 0 aromatic rings. The van der Waals surface area contributed by atoms with Crippen LogP contribution in [0.1, 0.15) is 73.1 Å². The predicted octanol–water partition coefficient (Wildman–Crippen LogP) is 4.41. The number of nitrogens with one attached hydrogen (secondary N) is 1. The summed E-state index contributed by atoms with van der Waals surface area (Å²) in [5.41, 5.74) is -2.27. The first kappa shape index (κ1) is 28.8. The molecule has 1 amide bonds. The maximum Gasteiger partial charge on any atom is 0.322 e. The summed E-state index contributed by atoms with van der Waals surface area (Å²) in [6, 6.07) is 0. The van der Waals surface area contributed by atoms with E-state index in [-0.39, 0.29) is 42.2 Å². The van der Waals surface area contributed by atoms with Crippen LogP contribution in [0.3, 0.4) is 0 Å². The average molecular weight is 490 g/mol. The van der Waals surface area contributed by atoms with Gasteiger partial charge in [-0.05, 0) is 57.3 Å². The Morgan fingerprint density at radius 2 is 1.51 bits per heavy atom. The Bertz CT molecular complexity index is 848. The van der Waals surface area contributed by atoms with Gasteiger partial charge in [-0.15, -0.1) is 13.2 Å². The average Bonchev–Trinajstić information content (AvgIpc) is 3.70. The fourth-order valence-electron chi connectivity index (χ4n) is 5.33. The number of esters is 2. The molecule has 0 radical (unpaired) electrons. The van der Waals surface area contributed by atoms with E-state index in [4.69, 9.17) is 9.47 Å². The lowest BCUT2D eigenvalue weighted by molar-refractivity contribution is -0.156. The summed E-state index contributed by atoms with van der Waals surface area (Å²) in [4.78, 5) is 50.6. The summed E-state index contributed by atoms with van der Waals surface area (Å²) in [6.45, 7) is 18.3. The standard InChI is InChI=1S/C28H43NO6/c1-8-20-17-27(20,24(32)34-10-3)22(30)12-14-26(6,7)16-19(5)13-15-29-23(31)28(18-21(28)9-2)25(33)35-11-4/h8-9,19-21H,1-2,10-18H2,3-7H3,(H,29,31). The molecule has 0 spiro atoms. The second kappa shape index (κ2) is 11.5. The van der Waals surface area contributed by atoms with Crippen LogP contribution in [-0.2, 0) is 28.7 Å². The summed E-state index contributed by atoms with van der Waals surface area (Å²) in [7, 11) is 0. The normalized spacial score (nSPS) is 27.8. The molecule has 5 unspecified atom stereocenters. The molecular formula is C28H43NO6. The predicted molar refractivity (Wildman–Crippen MR) is 134 cm³/mol. The maximum atomic E-state index is 13.0. The van der Waals surface area contributed by atoms with Gasteiger partial charge in [-0.2, -0.15) is 0 Å². The van der Waals surface area contributed by atoms with Gasteiger partial charge in [-0.3, -0.25) is 19.2 Å². The highest BCUT2D eigenvalue weighted by Gasteiger charge is 2.66. The molecule has 0 aromatic carbocycles. The highest BCUT2D eigenvalue weighted by Crippen LogP contribution is 2.56. The van der Waals surface area contributed by atoms with Crippen molar-refractivity contribution in [2.75, 3.05) is 19.8 Å². The molecule has 0 heterocycles. The van der Waals surface area contributed by atoms with E-state index in [9.17, 15) is 19.2 Å². The molecule has 0 bridgehead atoms. The number of amides is 1. The molecule has 7 heteroatoms. The van der Waals surface area contributed by atoms with E-state index in [1.54, 1.807) is 26.0 Å². The van der Waals surface area contributed by atoms with E-state index in [0.29, 0.717) is 38.1 Å². The molecule has 0 aliphatic heterocycles. The zero-order valence-corrected chi connectivity index (χ0v) is 22.1. The van der Waals surface area contributed by atoms with Crippen LogP contribution in [0.2, 0.25) is 0 Å². The third-order valence-electron chi connectivity index (χ3n) is 7.63. The third kappa shape index (κ3) is 6.22. The molecule has 2 saturated carbocycles. The largest absolute Gasteiger partial charge is 0.465 e. The van der Waals surface area contributed by atoms with Crippen LogP contribution in [0, 0.1) is 34.0 Å². The van der Waals surface area contributed by atoms with Crippen molar-refractivity contribution in [1.82, 2.24) is 5.32 Å².